The van der Waals surface area contributed by atoms with Gasteiger partial charge in [-0.3, -0.25) is 14.8 Å². The summed E-state index contributed by atoms with van der Waals surface area (Å²) in [5.41, 5.74) is 10.7. The van der Waals surface area contributed by atoms with Gasteiger partial charge in [0.15, 0.2) is 0 Å². The molecule has 2 N–H and O–H groups in total. The van der Waals surface area contributed by atoms with E-state index in [9.17, 15) is 4.79 Å². The summed E-state index contributed by atoms with van der Waals surface area (Å²) in [5, 5.41) is 1.06. The molecule has 3 aromatic rings. The topological polar surface area (TPSA) is 68.9 Å². The van der Waals surface area contributed by atoms with Gasteiger partial charge in [-0.1, -0.05) is 12.1 Å². The molecule has 4 rings (SSSR count). The van der Waals surface area contributed by atoms with Gasteiger partial charge in [0.05, 0.1) is 11.1 Å². The molecule has 0 bridgehead atoms. The number of carbonyl (C=O) groups excluding carboxylic acids is 1. The quantitative estimate of drug-likeness (QED) is 0.804. The Morgan fingerprint density at radius 3 is 2.74 bits per heavy atom. The minimum Gasteiger partial charge on any atom is -0.366 e. The maximum absolute atomic E-state index is 11.7. The smallest absolute Gasteiger partial charge is 0.249 e. The zero-order chi connectivity index (χ0) is 16.0. The lowest BCUT2D eigenvalue weighted by molar-refractivity contribution is 0.100. The molecule has 0 spiro atoms. The molecule has 1 aliphatic carbocycles. The first-order valence-corrected chi connectivity index (χ1v) is 7.80. The van der Waals surface area contributed by atoms with E-state index in [0.717, 1.165) is 27.7 Å². The molecule has 4 heteroatoms. The molecule has 2 aromatic heterocycles. The highest BCUT2D eigenvalue weighted by Gasteiger charge is 2.25. The third-order valence-corrected chi connectivity index (χ3v) is 4.40. The molecule has 114 valence electrons. The third-order valence-electron chi connectivity index (χ3n) is 4.40. The zero-order valence-electron chi connectivity index (χ0n) is 12.9. The molecule has 1 aromatic carbocycles. The van der Waals surface area contributed by atoms with E-state index in [1.807, 2.05) is 19.1 Å². The van der Waals surface area contributed by atoms with Crippen LogP contribution in [0.4, 0.5) is 0 Å². The van der Waals surface area contributed by atoms with E-state index in [1.165, 1.54) is 18.5 Å². The van der Waals surface area contributed by atoms with Crippen LogP contribution >= 0.6 is 0 Å². The van der Waals surface area contributed by atoms with Crippen LogP contribution in [0.25, 0.3) is 22.0 Å². The molecule has 0 unspecified atom stereocenters. The molecular weight excluding hydrogens is 286 g/mol. The van der Waals surface area contributed by atoms with Gasteiger partial charge in [0, 0.05) is 34.5 Å². The number of rotatable bonds is 3. The van der Waals surface area contributed by atoms with Crippen LogP contribution < -0.4 is 5.73 Å². The van der Waals surface area contributed by atoms with Crippen molar-refractivity contribution in [3.63, 3.8) is 0 Å². The second-order valence-electron chi connectivity index (χ2n) is 6.10. The van der Waals surface area contributed by atoms with Crippen molar-refractivity contribution in [3.05, 3.63) is 59.5 Å². The number of amides is 1. The molecule has 0 atom stereocenters. The van der Waals surface area contributed by atoms with E-state index in [0.29, 0.717) is 11.5 Å². The van der Waals surface area contributed by atoms with Crippen molar-refractivity contribution < 1.29 is 4.79 Å². The van der Waals surface area contributed by atoms with Gasteiger partial charge >= 0.3 is 0 Å². The first-order valence-electron chi connectivity index (χ1n) is 7.80. The van der Waals surface area contributed by atoms with E-state index in [1.54, 1.807) is 12.3 Å². The molecule has 2 heterocycles. The zero-order valence-corrected chi connectivity index (χ0v) is 12.9. The van der Waals surface area contributed by atoms with Crippen LogP contribution in [0.1, 0.15) is 40.5 Å². The van der Waals surface area contributed by atoms with Gasteiger partial charge in [-0.05, 0) is 49.6 Å². The number of primary amides is 1. The van der Waals surface area contributed by atoms with E-state index in [4.69, 9.17) is 10.7 Å². The molecule has 1 aliphatic rings. The van der Waals surface area contributed by atoms with E-state index >= 15 is 0 Å². The van der Waals surface area contributed by atoms with Crippen LogP contribution in [-0.4, -0.2) is 15.9 Å². The van der Waals surface area contributed by atoms with Crippen molar-refractivity contribution in [2.45, 2.75) is 25.7 Å². The van der Waals surface area contributed by atoms with Gasteiger partial charge < -0.3 is 5.73 Å². The maximum Gasteiger partial charge on any atom is 0.249 e. The average molecular weight is 303 g/mol. The number of nitrogens with two attached hydrogens (primary N) is 1. The van der Waals surface area contributed by atoms with Crippen molar-refractivity contribution in [2.24, 2.45) is 5.73 Å². The van der Waals surface area contributed by atoms with Crippen molar-refractivity contribution in [3.8, 4) is 11.1 Å². The van der Waals surface area contributed by atoms with E-state index in [2.05, 4.69) is 23.2 Å². The lowest BCUT2D eigenvalue weighted by Gasteiger charge is -2.11. The number of fused-ring (bicyclic) bond motifs is 1. The number of aryl methyl sites for hydroxylation is 1. The first kappa shape index (κ1) is 13.9. The number of carbonyl (C=O) groups is 1. The number of hydrogen-bond donors (Lipinski definition) is 1. The molecule has 0 saturated heterocycles. The normalized spacial score (nSPS) is 14.1. The average Bonchev–Trinajstić information content (AvgIpc) is 3.38. The molecule has 1 amide bonds. The molecule has 0 aliphatic heterocycles. The fourth-order valence-electron chi connectivity index (χ4n) is 3.04. The summed E-state index contributed by atoms with van der Waals surface area (Å²) in [6.45, 7) is 1.89. The van der Waals surface area contributed by atoms with E-state index in [-0.39, 0.29) is 0 Å². The Bertz CT molecular complexity index is 929. The van der Waals surface area contributed by atoms with Gasteiger partial charge in [-0.15, -0.1) is 0 Å². The van der Waals surface area contributed by atoms with Gasteiger partial charge in [-0.2, -0.15) is 0 Å². The molecule has 23 heavy (non-hydrogen) atoms. The van der Waals surface area contributed by atoms with Gasteiger partial charge in [0.25, 0.3) is 0 Å². The lowest BCUT2D eigenvalue weighted by Crippen LogP contribution is -2.13. The number of nitrogens with zero attached hydrogens (tertiary/aromatic N) is 2. The summed E-state index contributed by atoms with van der Waals surface area (Å²) in [6, 6.07) is 11.9. The fourth-order valence-corrected chi connectivity index (χ4v) is 3.04. The molecule has 4 nitrogen and oxygen atoms in total. The Morgan fingerprint density at radius 1 is 1.17 bits per heavy atom. The minimum absolute atomic E-state index is 0.437. The number of hydrogen-bond acceptors (Lipinski definition) is 3. The van der Waals surface area contributed by atoms with Crippen LogP contribution in [0.2, 0.25) is 0 Å². The van der Waals surface area contributed by atoms with Crippen molar-refractivity contribution in [2.75, 3.05) is 0 Å². The standard InChI is InChI=1S/C19H17N3O/c1-11-18(15(19(20)23)8-9-21-11)14-5-7-17-13(10-14)4-6-16(22-17)12-2-3-12/h4-10,12H,2-3H2,1H3,(H2,20,23). The van der Waals surface area contributed by atoms with Gasteiger partial charge in [0.2, 0.25) is 5.91 Å². The Hall–Kier alpha value is -2.75. The number of benzene rings is 1. The predicted octanol–water partition coefficient (Wildman–Crippen LogP) is 3.58. The van der Waals surface area contributed by atoms with Crippen molar-refractivity contribution in [1.82, 2.24) is 9.97 Å². The van der Waals surface area contributed by atoms with Crippen LogP contribution in [0.5, 0.6) is 0 Å². The Kier molecular flexibility index (Phi) is 3.11. The van der Waals surface area contributed by atoms with Crippen molar-refractivity contribution >= 4 is 16.8 Å². The predicted molar refractivity (Wildman–Crippen MR) is 90.2 cm³/mol. The van der Waals surface area contributed by atoms with Gasteiger partial charge in [-0.25, -0.2) is 0 Å². The number of pyridine rings is 2. The Balaban J connectivity index is 1.87. The lowest BCUT2D eigenvalue weighted by atomic mass is 9.97. The summed E-state index contributed by atoms with van der Waals surface area (Å²) in [7, 11) is 0. The Morgan fingerprint density at radius 2 is 2.00 bits per heavy atom. The van der Waals surface area contributed by atoms with Crippen LogP contribution in [0.3, 0.4) is 0 Å². The second-order valence-corrected chi connectivity index (χ2v) is 6.10. The Labute approximate surface area is 134 Å². The summed E-state index contributed by atoms with van der Waals surface area (Å²) in [4.78, 5) is 20.8. The van der Waals surface area contributed by atoms with Crippen LogP contribution in [-0.2, 0) is 0 Å². The maximum atomic E-state index is 11.7. The monoisotopic (exact) mass is 303 g/mol. The highest BCUT2D eigenvalue weighted by molar-refractivity contribution is 6.01. The van der Waals surface area contributed by atoms with Crippen molar-refractivity contribution in [1.29, 1.82) is 0 Å². The largest absolute Gasteiger partial charge is 0.366 e. The summed E-state index contributed by atoms with van der Waals surface area (Å²) >= 11 is 0. The van der Waals surface area contributed by atoms with Crippen LogP contribution in [0, 0.1) is 6.92 Å². The highest BCUT2D eigenvalue weighted by atomic mass is 16.1. The summed E-state index contributed by atoms with van der Waals surface area (Å²) in [5.74, 6) is 0.203. The summed E-state index contributed by atoms with van der Waals surface area (Å²) in [6.07, 6.45) is 4.10. The molecular formula is C19H17N3O. The molecule has 0 radical (unpaired) electrons. The summed E-state index contributed by atoms with van der Waals surface area (Å²) < 4.78 is 0. The van der Waals surface area contributed by atoms with E-state index < -0.39 is 5.91 Å². The van der Waals surface area contributed by atoms with Gasteiger partial charge in [0.1, 0.15) is 0 Å². The fraction of sp³-hybridized carbons (Fsp3) is 0.211. The SMILES string of the molecule is Cc1nccc(C(N)=O)c1-c1ccc2nc(C3CC3)ccc2c1. The molecule has 1 fully saturated rings. The third kappa shape index (κ3) is 2.46. The second kappa shape index (κ2) is 5.16. The minimum atomic E-state index is -0.437. The highest BCUT2D eigenvalue weighted by Crippen LogP contribution is 2.39. The molecule has 1 saturated carbocycles. The first-order chi connectivity index (χ1) is 11.1. The number of aromatic nitrogens is 2. The van der Waals surface area contributed by atoms with Crippen LogP contribution in [0.15, 0.2) is 42.6 Å².